The van der Waals surface area contributed by atoms with Crippen LogP contribution in [0.3, 0.4) is 0 Å². The zero-order chi connectivity index (χ0) is 9.26. The van der Waals surface area contributed by atoms with Gasteiger partial charge in [-0.2, -0.15) is 0 Å². The standard InChI is InChI=1S/C8H14N2O2S/c11-3-6-1-10(2-6)8(12)7-4-13-5-9-7/h6-7,9,11H,1-5H2. The van der Waals surface area contributed by atoms with Crippen molar-refractivity contribution in [2.45, 2.75) is 6.04 Å². The Morgan fingerprint density at radius 2 is 2.38 bits per heavy atom. The molecule has 2 N–H and O–H groups in total. The molecule has 1 atom stereocenters. The Labute approximate surface area is 81.7 Å². The molecule has 74 valence electrons. The quantitative estimate of drug-likeness (QED) is 0.609. The van der Waals surface area contributed by atoms with Gasteiger partial charge in [0.15, 0.2) is 0 Å². The fourth-order valence-corrected chi connectivity index (χ4v) is 2.57. The van der Waals surface area contributed by atoms with E-state index < -0.39 is 0 Å². The van der Waals surface area contributed by atoms with Crippen molar-refractivity contribution in [2.24, 2.45) is 5.92 Å². The first kappa shape index (κ1) is 9.30. The van der Waals surface area contributed by atoms with Crippen LogP contribution in [0.5, 0.6) is 0 Å². The molecule has 2 rings (SSSR count). The minimum absolute atomic E-state index is 0.0182. The molecule has 0 aromatic carbocycles. The molecule has 0 radical (unpaired) electrons. The van der Waals surface area contributed by atoms with Gasteiger partial charge in [-0.05, 0) is 0 Å². The summed E-state index contributed by atoms with van der Waals surface area (Å²) in [5.74, 6) is 2.29. The number of hydrogen-bond acceptors (Lipinski definition) is 4. The third-order valence-electron chi connectivity index (χ3n) is 2.54. The number of amides is 1. The van der Waals surface area contributed by atoms with E-state index >= 15 is 0 Å². The van der Waals surface area contributed by atoms with Crippen molar-refractivity contribution < 1.29 is 9.90 Å². The highest BCUT2D eigenvalue weighted by molar-refractivity contribution is 7.99. The van der Waals surface area contributed by atoms with Crippen molar-refractivity contribution in [1.82, 2.24) is 10.2 Å². The number of aliphatic hydroxyl groups excluding tert-OH is 1. The average Bonchev–Trinajstić information content (AvgIpc) is 2.53. The van der Waals surface area contributed by atoms with Crippen LogP contribution in [0.15, 0.2) is 0 Å². The first-order valence-corrected chi connectivity index (χ1v) is 5.67. The van der Waals surface area contributed by atoms with E-state index in [9.17, 15) is 4.79 Å². The highest BCUT2D eigenvalue weighted by Gasteiger charge is 2.34. The maximum absolute atomic E-state index is 11.7. The lowest BCUT2D eigenvalue weighted by atomic mass is 10.0. The predicted octanol–water partition coefficient (Wildman–Crippen LogP) is -0.900. The lowest BCUT2D eigenvalue weighted by molar-refractivity contribution is -0.139. The summed E-state index contributed by atoms with van der Waals surface area (Å²) in [5, 5.41) is 11.9. The maximum atomic E-state index is 11.7. The fourth-order valence-electron chi connectivity index (χ4n) is 1.64. The van der Waals surface area contributed by atoms with Crippen LogP contribution in [0, 0.1) is 5.92 Å². The van der Waals surface area contributed by atoms with Gasteiger partial charge < -0.3 is 10.0 Å². The molecule has 5 heteroatoms. The average molecular weight is 202 g/mol. The Kier molecular flexibility index (Phi) is 2.76. The summed E-state index contributed by atoms with van der Waals surface area (Å²) in [6.45, 7) is 1.67. The molecule has 2 heterocycles. The smallest absolute Gasteiger partial charge is 0.240 e. The van der Waals surface area contributed by atoms with Crippen LogP contribution in [0.1, 0.15) is 0 Å². The normalized spacial score (nSPS) is 29.0. The van der Waals surface area contributed by atoms with Gasteiger partial charge >= 0.3 is 0 Å². The van der Waals surface area contributed by atoms with Gasteiger partial charge in [-0.1, -0.05) is 0 Å². The zero-order valence-corrected chi connectivity index (χ0v) is 8.22. The lowest BCUT2D eigenvalue weighted by Gasteiger charge is -2.39. The molecule has 0 aliphatic carbocycles. The summed E-state index contributed by atoms with van der Waals surface area (Å²) in [7, 11) is 0. The Morgan fingerprint density at radius 1 is 1.62 bits per heavy atom. The van der Waals surface area contributed by atoms with Gasteiger partial charge in [0.1, 0.15) is 0 Å². The second-order valence-electron chi connectivity index (χ2n) is 3.56. The Morgan fingerprint density at radius 3 is 2.92 bits per heavy atom. The number of carbonyl (C=O) groups excluding carboxylic acids is 1. The van der Waals surface area contributed by atoms with Crippen molar-refractivity contribution >= 4 is 17.7 Å². The van der Waals surface area contributed by atoms with E-state index in [0.717, 1.165) is 24.7 Å². The molecule has 1 unspecified atom stereocenters. The molecule has 0 saturated carbocycles. The summed E-state index contributed by atoms with van der Waals surface area (Å²) in [6, 6.07) is 0.0182. The molecule has 1 amide bonds. The molecular formula is C8H14N2O2S. The van der Waals surface area contributed by atoms with Crippen molar-refractivity contribution in [2.75, 3.05) is 31.3 Å². The largest absolute Gasteiger partial charge is 0.396 e. The Bertz CT molecular complexity index is 200. The number of thioether (sulfide) groups is 1. The van der Waals surface area contributed by atoms with Crippen molar-refractivity contribution in [3.63, 3.8) is 0 Å². The van der Waals surface area contributed by atoms with E-state index in [1.54, 1.807) is 11.8 Å². The highest BCUT2D eigenvalue weighted by atomic mass is 32.2. The summed E-state index contributed by atoms with van der Waals surface area (Å²) in [6.07, 6.45) is 0. The number of hydrogen-bond donors (Lipinski definition) is 2. The molecule has 13 heavy (non-hydrogen) atoms. The van der Waals surface area contributed by atoms with E-state index in [-0.39, 0.29) is 18.6 Å². The van der Waals surface area contributed by atoms with Crippen molar-refractivity contribution in [3.8, 4) is 0 Å². The second kappa shape index (κ2) is 3.86. The van der Waals surface area contributed by atoms with Gasteiger partial charge in [-0.25, -0.2) is 0 Å². The number of nitrogens with zero attached hydrogens (tertiary/aromatic N) is 1. The summed E-state index contributed by atoms with van der Waals surface area (Å²) in [5.41, 5.74) is 0. The number of rotatable bonds is 2. The first-order chi connectivity index (χ1) is 6.31. The van der Waals surface area contributed by atoms with Gasteiger partial charge in [-0.3, -0.25) is 10.1 Å². The third-order valence-corrected chi connectivity index (χ3v) is 3.48. The van der Waals surface area contributed by atoms with Crippen LogP contribution < -0.4 is 5.32 Å². The molecule has 0 bridgehead atoms. The van der Waals surface area contributed by atoms with Crippen LogP contribution in [0.4, 0.5) is 0 Å². The minimum Gasteiger partial charge on any atom is -0.396 e. The number of nitrogens with one attached hydrogen (secondary N) is 1. The number of aliphatic hydroxyl groups is 1. The van der Waals surface area contributed by atoms with E-state index in [1.807, 2.05) is 4.90 Å². The van der Waals surface area contributed by atoms with E-state index in [4.69, 9.17) is 5.11 Å². The molecule has 2 aliphatic rings. The van der Waals surface area contributed by atoms with Crippen molar-refractivity contribution in [3.05, 3.63) is 0 Å². The summed E-state index contributed by atoms with van der Waals surface area (Å²) < 4.78 is 0. The minimum atomic E-state index is 0.0182. The monoisotopic (exact) mass is 202 g/mol. The van der Waals surface area contributed by atoms with Crippen molar-refractivity contribution in [1.29, 1.82) is 0 Å². The highest BCUT2D eigenvalue weighted by Crippen LogP contribution is 2.19. The van der Waals surface area contributed by atoms with Gasteiger partial charge in [0.2, 0.25) is 5.91 Å². The number of likely N-dealkylation sites (tertiary alicyclic amines) is 1. The molecular weight excluding hydrogens is 188 g/mol. The van der Waals surface area contributed by atoms with Gasteiger partial charge in [0.05, 0.1) is 6.04 Å². The molecule has 2 fully saturated rings. The van der Waals surface area contributed by atoms with Crippen LogP contribution in [-0.2, 0) is 4.79 Å². The summed E-state index contributed by atoms with van der Waals surface area (Å²) >= 11 is 1.76. The molecule has 2 saturated heterocycles. The van der Waals surface area contributed by atoms with E-state index in [1.165, 1.54) is 0 Å². The lowest BCUT2D eigenvalue weighted by Crippen LogP contribution is -2.56. The third kappa shape index (κ3) is 1.82. The Balaban J connectivity index is 1.78. The van der Waals surface area contributed by atoms with E-state index in [2.05, 4.69) is 5.32 Å². The SMILES string of the molecule is O=C(C1CSCN1)N1CC(CO)C1. The van der Waals surface area contributed by atoms with Crippen LogP contribution in [0.25, 0.3) is 0 Å². The van der Waals surface area contributed by atoms with Gasteiger partial charge in [0, 0.05) is 37.2 Å². The maximum Gasteiger partial charge on any atom is 0.240 e. The molecule has 0 aromatic rings. The van der Waals surface area contributed by atoms with Gasteiger partial charge in [0.25, 0.3) is 0 Å². The molecule has 0 aromatic heterocycles. The van der Waals surface area contributed by atoms with Gasteiger partial charge in [-0.15, -0.1) is 11.8 Å². The Hall–Kier alpha value is -0.260. The molecule has 2 aliphatic heterocycles. The van der Waals surface area contributed by atoms with E-state index in [0.29, 0.717) is 5.92 Å². The fraction of sp³-hybridized carbons (Fsp3) is 0.875. The van der Waals surface area contributed by atoms with Crippen LogP contribution in [-0.4, -0.2) is 53.3 Å². The zero-order valence-electron chi connectivity index (χ0n) is 7.40. The topological polar surface area (TPSA) is 52.6 Å². The van der Waals surface area contributed by atoms with Crippen LogP contribution in [0.2, 0.25) is 0 Å². The molecule has 0 spiro atoms. The number of carbonyl (C=O) groups is 1. The summed E-state index contributed by atoms with van der Waals surface area (Å²) in [4.78, 5) is 13.5. The first-order valence-electron chi connectivity index (χ1n) is 4.52. The van der Waals surface area contributed by atoms with Crippen LogP contribution >= 0.6 is 11.8 Å². The predicted molar refractivity (Wildman–Crippen MR) is 51.4 cm³/mol. The molecule has 4 nitrogen and oxygen atoms in total. The second-order valence-corrected chi connectivity index (χ2v) is 4.59.